The number of carbonyl (C=O) groups is 1. The van der Waals surface area contributed by atoms with Crippen LogP contribution in [0.15, 0.2) is 60.8 Å². The van der Waals surface area contributed by atoms with Crippen molar-refractivity contribution in [2.45, 2.75) is 38.8 Å². The molecule has 3 aromatic rings. The van der Waals surface area contributed by atoms with Crippen molar-refractivity contribution in [3.63, 3.8) is 0 Å². The zero-order valence-corrected chi connectivity index (χ0v) is 17.5. The highest BCUT2D eigenvalue weighted by atomic mass is 16.5. The van der Waals surface area contributed by atoms with Crippen molar-refractivity contribution >= 4 is 22.9 Å². The van der Waals surface area contributed by atoms with Gasteiger partial charge in [0.15, 0.2) is 0 Å². The van der Waals surface area contributed by atoms with Crippen molar-refractivity contribution in [2.24, 2.45) is 0 Å². The Hall–Kier alpha value is -3.52. The number of hydrogen-bond acceptors (Lipinski definition) is 3. The van der Waals surface area contributed by atoms with Crippen LogP contribution in [0.2, 0.25) is 0 Å². The SMILES string of the molecule is COc1ccc(CCC(C)NC(=O)/C=C/c2cn(CCC#N)c3ccccc23)cc1. The maximum absolute atomic E-state index is 12.4. The Labute approximate surface area is 177 Å². The number of aromatic nitrogens is 1. The second kappa shape index (κ2) is 10.3. The van der Waals surface area contributed by atoms with Crippen LogP contribution in [0.1, 0.15) is 30.9 Å². The average molecular weight is 402 g/mol. The fourth-order valence-electron chi connectivity index (χ4n) is 3.47. The van der Waals surface area contributed by atoms with Gasteiger partial charge in [0, 0.05) is 41.3 Å². The average Bonchev–Trinajstić information content (AvgIpc) is 3.13. The number of hydrogen-bond donors (Lipinski definition) is 1. The fraction of sp³-hybridized carbons (Fsp3) is 0.280. The standard InChI is InChI=1S/C25H27N3O2/c1-19(8-9-20-10-13-22(30-2)14-11-20)27-25(29)15-12-21-18-28(17-5-16-26)24-7-4-3-6-23(21)24/h3-4,6-7,10-15,18-19H,5,8-9,17H2,1-2H3,(H,27,29)/b15-12+. The van der Waals surface area contributed by atoms with Gasteiger partial charge in [0.05, 0.1) is 19.6 Å². The van der Waals surface area contributed by atoms with E-state index in [0.717, 1.165) is 35.1 Å². The molecule has 154 valence electrons. The second-order valence-corrected chi connectivity index (χ2v) is 7.33. The number of para-hydroxylation sites is 1. The van der Waals surface area contributed by atoms with Crippen molar-refractivity contribution in [1.82, 2.24) is 9.88 Å². The maximum Gasteiger partial charge on any atom is 0.244 e. The van der Waals surface area contributed by atoms with Crippen molar-refractivity contribution in [3.8, 4) is 11.8 Å². The minimum Gasteiger partial charge on any atom is -0.497 e. The smallest absolute Gasteiger partial charge is 0.244 e. The van der Waals surface area contributed by atoms with E-state index in [4.69, 9.17) is 10.00 Å². The van der Waals surface area contributed by atoms with E-state index >= 15 is 0 Å². The molecule has 1 heterocycles. The molecule has 5 heteroatoms. The molecule has 30 heavy (non-hydrogen) atoms. The predicted molar refractivity (Wildman–Crippen MR) is 120 cm³/mol. The molecule has 0 fully saturated rings. The number of nitrogens with zero attached hydrogens (tertiary/aromatic N) is 2. The van der Waals surface area contributed by atoms with E-state index in [9.17, 15) is 4.79 Å². The van der Waals surface area contributed by atoms with Gasteiger partial charge < -0.3 is 14.6 Å². The fourth-order valence-corrected chi connectivity index (χ4v) is 3.47. The van der Waals surface area contributed by atoms with E-state index in [2.05, 4.69) is 28.1 Å². The summed E-state index contributed by atoms with van der Waals surface area (Å²) in [6.07, 6.45) is 7.63. The van der Waals surface area contributed by atoms with Crippen LogP contribution >= 0.6 is 0 Å². The summed E-state index contributed by atoms with van der Waals surface area (Å²) in [5.74, 6) is 0.741. The highest BCUT2D eigenvalue weighted by Crippen LogP contribution is 2.23. The van der Waals surface area contributed by atoms with E-state index < -0.39 is 0 Å². The third-order valence-electron chi connectivity index (χ3n) is 5.11. The minimum absolute atomic E-state index is 0.0706. The summed E-state index contributed by atoms with van der Waals surface area (Å²) in [5, 5.41) is 13.0. The third kappa shape index (κ3) is 5.51. The number of aryl methyl sites for hydroxylation is 2. The summed E-state index contributed by atoms with van der Waals surface area (Å²) >= 11 is 0. The molecule has 0 spiro atoms. The minimum atomic E-state index is -0.105. The molecular formula is C25H27N3O2. The van der Waals surface area contributed by atoms with Gasteiger partial charge in [-0.25, -0.2) is 0 Å². The number of rotatable bonds is 9. The van der Waals surface area contributed by atoms with Gasteiger partial charge in [-0.2, -0.15) is 5.26 Å². The van der Waals surface area contributed by atoms with Gasteiger partial charge >= 0.3 is 0 Å². The number of nitriles is 1. The molecule has 3 rings (SSSR count). The van der Waals surface area contributed by atoms with Crippen LogP contribution in [0.3, 0.4) is 0 Å². The van der Waals surface area contributed by atoms with Crippen LogP contribution in [0.5, 0.6) is 5.75 Å². The Bertz CT molecular complexity index is 1060. The zero-order chi connectivity index (χ0) is 21.3. The number of carbonyl (C=O) groups excluding carboxylic acids is 1. The van der Waals surface area contributed by atoms with Crippen LogP contribution in [0.25, 0.3) is 17.0 Å². The predicted octanol–water partition coefficient (Wildman–Crippen LogP) is 4.71. The first kappa shape index (κ1) is 21.2. The summed E-state index contributed by atoms with van der Waals surface area (Å²) in [4.78, 5) is 12.4. The lowest BCUT2D eigenvalue weighted by atomic mass is 10.1. The number of methoxy groups -OCH3 is 1. The highest BCUT2D eigenvalue weighted by molar-refractivity contribution is 5.96. The monoisotopic (exact) mass is 401 g/mol. The van der Waals surface area contributed by atoms with Gasteiger partial charge in [-0.15, -0.1) is 0 Å². The summed E-state index contributed by atoms with van der Waals surface area (Å²) in [6.45, 7) is 2.66. The van der Waals surface area contributed by atoms with Gasteiger partial charge in [-0.3, -0.25) is 4.79 Å². The molecule has 0 radical (unpaired) electrons. The molecule has 1 aromatic heterocycles. The molecule has 0 aliphatic heterocycles. The molecule has 0 aliphatic rings. The Morgan fingerprint density at radius 3 is 2.73 bits per heavy atom. The molecular weight excluding hydrogens is 374 g/mol. The molecule has 1 amide bonds. The maximum atomic E-state index is 12.4. The molecule has 0 saturated carbocycles. The Kier molecular flexibility index (Phi) is 7.29. The van der Waals surface area contributed by atoms with Gasteiger partial charge in [-0.1, -0.05) is 30.3 Å². The molecule has 1 unspecified atom stereocenters. The van der Waals surface area contributed by atoms with E-state index in [-0.39, 0.29) is 11.9 Å². The third-order valence-corrected chi connectivity index (χ3v) is 5.11. The van der Waals surface area contributed by atoms with E-state index in [1.54, 1.807) is 13.2 Å². The molecule has 1 N–H and O–H groups in total. The second-order valence-electron chi connectivity index (χ2n) is 7.33. The van der Waals surface area contributed by atoms with Crippen LogP contribution in [0, 0.1) is 11.3 Å². The first-order valence-corrected chi connectivity index (χ1v) is 10.2. The molecule has 5 nitrogen and oxygen atoms in total. The quantitative estimate of drug-likeness (QED) is 0.528. The summed E-state index contributed by atoms with van der Waals surface area (Å²) < 4.78 is 7.24. The molecule has 0 bridgehead atoms. The first-order chi connectivity index (χ1) is 14.6. The van der Waals surface area contributed by atoms with Gasteiger partial charge in [0.1, 0.15) is 5.75 Å². The summed E-state index contributed by atoms with van der Waals surface area (Å²) in [6, 6.07) is 18.3. The lowest BCUT2D eigenvalue weighted by Gasteiger charge is -2.12. The van der Waals surface area contributed by atoms with Crippen LogP contribution in [-0.2, 0) is 17.8 Å². The topological polar surface area (TPSA) is 67.0 Å². The van der Waals surface area contributed by atoms with Gasteiger partial charge in [0.2, 0.25) is 5.91 Å². The molecule has 2 aromatic carbocycles. The van der Waals surface area contributed by atoms with E-state index in [1.165, 1.54) is 5.56 Å². The van der Waals surface area contributed by atoms with E-state index in [0.29, 0.717) is 13.0 Å². The zero-order valence-electron chi connectivity index (χ0n) is 17.5. The number of nitrogens with one attached hydrogen (secondary N) is 1. The molecule has 1 atom stereocenters. The van der Waals surface area contributed by atoms with Crippen molar-refractivity contribution in [2.75, 3.05) is 7.11 Å². The number of amides is 1. The highest BCUT2D eigenvalue weighted by Gasteiger charge is 2.08. The number of benzene rings is 2. The molecule has 0 aliphatic carbocycles. The van der Waals surface area contributed by atoms with Crippen LogP contribution in [-0.4, -0.2) is 23.6 Å². The summed E-state index contributed by atoms with van der Waals surface area (Å²) in [5.41, 5.74) is 3.27. The lowest BCUT2D eigenvalue weighted by molar-refractivity contribution is -0.117. The summed E-state index contributed by atoms with van der Waals surface area (Å²) in [7, 11) is 1.66. The normalized spacial score (nSPS) is 12.0. The van der Waals surface area contributed by atoms with E-state index in [1.807, 2.05) is 55.6 Å². The van der Waals surface area contributed by atoms with Gasteiger partial charge in [-0.05, 0) is 49.6 Å². The number of ether oxygens (including phenoxy) is 1. The Morgan fingerprint density at radius 2 is 2.00 bits per heavy atom. The Morgan fingerprint density at radius 1 is 1.23 bits per heavy atom. The van der Waals surface area contributed by atoms with Gasteiger partial charge in [0.25, 0.3) is 0 Å². The first-order valence-electron chi connectivity index (χ1n) is 10.2. The number of fused-ring (bicyclic) bond motifs is 1. The Balaban J connectivity index is 1.58. The molecule has 0 saturated heterocycles. The lowest BCUT2D eigenvalue weighted by Crippen LogP contribution is -2.31. The van der Waals surface area contributed by atoms with Crippen LogP contribution < -0.4 is 10.1 Å². The van der Waals surface area contributed by atoms with Crippen LogP contribution in [0.4, 0.5) is 0 Å². The van der Waals surface area contributed by atoms with Crippen molar-refractivity contribution < 1.29 is 9.53 Å². The van der Waals surface area contributed by atoms with Crippen molar-refractivity contribution in [3.05, 3.63) is 71.9 Å². The largest absolute Gasteiger partial charge is 0.497 e. The van der Waals surface area contributed by atoms with Crippen molar-refractivity contribution in [1.29, 1.82) is 5.26 Å².